The van der Waals surface area contributed by atoms with Crippen LogP contribution >= 0.6 is 0 Å². The minimum atomic E-state index is 1.01. The molecule has 52 valence electrons. The fourth-order valence-corrected chi connectivity index (χ4v) is 0.637. The Labute approximate surface area is 59.7 Å². The number of hydrogen-bond donors (Lipinski definition) is 0. The number of aromatic nitrogens is 3. The Morgan fingerprint density at radius 2 is 2.50 bits per heavy atom. The monoisotopic (exact) mass is 135 g/mol. The zero-order valence-corrected chi connectivity index (χ0v) is 5.86. The molecular weight excluding hydrogens is 126 g/mol. The molecule has 0 bridgehead atoms. The van der Waals surface area contributed by atoms with Crippen LogP contribution in [-0.2, 0) is 0 Å². The summed E-state index contributed by atoms with van der Waals surface area (Å²) in [4.78, 5) is 3.80. The fraction of sp³-hybridized carbons (Fsp3) is 0.143. The summed E-state index contributed by atoms with van der Waals surface area (Å²) in [5.74, 6) is 0. The van der Waals surface area contributed by atoms with Crippen molar-refractivity contribution in [1.29, 1.82) is 0 Å². The van der Waals surface area contributed by atoms with Gasteiger partial charge in [-0.15, -0.1) is 0 Å². The maximum Gasteiger partial charge on any atom is 0.138 e. The van der Waals surface area contributed by atoms with E-state index in [1.54, 1.807) is 17.1 Å². The second kappa shape index (κ2) is 2.96. The lowest BCUT2D eigenvalue weighted by Crippen LogP contribution is -1.92. The van der Waals surface area contributed by atoms with E-state index in [2.05, 4.69) is 16.7 Å². The lowest BCUT2D eigenvalue weighted by Gasteiger charge is -1.95. The van der Waals surface area contributed by atoms with Crippen LogP contribution in [0, 0.1) is 0 Å². The van der Waals surface area contributed by atoms with Gasteiger partial charge in [-0.1, -0.05) is 12.7 Å². The fourth-order valence-electron chi connectivity index (χ4n) is 0.637. The molecule has 0 saturated heterocycles. The van der Waals surface area contributed by atoms with Crippen molar-refractivity contribution < 1.29 is 0 Å². The molecule has 0 saturated carbocycles. The summed E-state index contributed by atoms with van der Waals surface area (Å²) in [6, 6.07) is 0. The second-order valence-corrected chi connectivity index (χ2v) is 1.88. The van der Waals surface area contributed by atoms with E-state index in [0.29, 0.717) is 0 Å². The maximum atomic E-state index is 3.92. The van der Waals surface area contributed by atoms with Gasteiger partial charge in [-0.2, -0.15) is 5.10 Å². The van der Waals surface area contributed by atoms with E-state index in [-0.39, 0.29) is 0 Å². The standard InChI is InChI=1S/C7H9N3/c1-3-4-7(2)10-6-8-5-9-10/h3-6H,1H2,2H3/b7-4+. The average molecular weight is 135 g/mol. The molecule has 0 aliphatic carbocycles. The Kier molecular flexibility index (Phi) is 1.99. The molecule has 3 nitrogen and oxygen atoms in total. The summed E-state index contributed by atoms with van der Waals surface area (Å²) in [5, 5.41) is 3.92. The van der Waals surface area contributed by atoms with E-state index < -0.39 is 0 Å². The first-order valence-corrected chi connectivity index (χ1v) is 2.99. The van der Waals surface area contributed by atoms with Gasteiger partial charge in [0.15, 0.2) is 0 Å². The van der Waals surface area contributed by atoms with E-state index in [9.17, 15) is 0 Å². The van der Waals surface area contributed by atoms with Crippen LogP contribution in [-0.4, -0.2) is 14.8 Å². The average Bonchev–Trinajstić information content (AvgIpc) is 2.38. The lowest BCUT2D eigenvalue weighted by atomic mass is 10.4. The molecule has 0 spiro atoms. The van der Waals surface area contributed by atoms with Crippen molar-refractivity contribution in [2.24, 2.45) is 0 Å². The van der Waals surface area contributed by atoms with Crippen LogP contribution in [0.2, 0.25) is 0 Å². The predicted molar refractivity (Wildman–Crippen MR) is 40.2 cm³/mol. The first-order chi connectivity index (χ1) is 4.84. The van der Waals surface area contributed by atoms with E-state index >= 15 is 0 Å². The van der Waals surface area contributed by atoms with Gasteiger partial charge in [0.25, 0.3) is 0 Å². The van der Waals surface area contributed by atoms with Gasteiger partial charge in [-0.05, 0) is 13.0 Å². The smallest absolute Gasteiger partial charge is 0.138 e. The molecule has 0 fully saturated rings. The van der Waals surface area contributed by atoms with Crippen LogP contribution in [0.1, 0.15) is 6.92 Å². The Morgan fingerprint density at radius 3 is 3.00 bits per heavy atom. The molecule has 0 N–H and O–H groups in total. The van der Waals surface area contributed by atoms with Crippen LogP contribution in [0.5, 0.6) is 0 Å². The Morgan fingerprint density at radius 1 is 1.70 bits per heavy atom. The molecule has 0 radical (unpaired) electrons. The highest BCUT2D eigenvalue weighted by atomic mass is 15.3. The van der Waals surface area contributed by atoms with Crippen molar-refractivity contribution in [2.75, 3.05) is 0 Å². The topological polar surface area (TPSA) is 30.7 Å². The molecule has 3 heteroatoms. The van der Waals surface area contributed by atoms with Crippen LogP contribution in [0.4, 0.5) is 0 Å². The van der Waals surface area contributed by atoms with Crippen molar-refractivity contribution in [3.8, 4) is 0 Å². The van der Waals surface area contributed by atoms with Crippen molar-refractivity contribution in [3.63, 3.8) is 0 Å². The molecule has 1 heterocycles. The molecule has 1 aromatic rings. The van der Waals surface area contributed by atoms with Crippen LogP contribution < -0.4 is 0 Å². The zero-order chi connectivity index (χ0) is 7.40. The summed E-state index contributed by atoms with van der Waals surface area (Å²) in [5.41, 5.74) is 1.01. The second-order valence-electron chi connectivity index (χ2n) is 1.88. The summed E-state index contributed by atoms with van der Waals surface area (Å²) >= 11 is 0. The normalized spacial score (nSPS) is 11.5. The molecule has 1 rings (SSSR count). The summed E-state index contributed by atoms with van der Waals surface area (Å²) in [6.45, 7) is 5.51. The van der Waals surface area contributed by atoms with Gasteiger partial charge >= 0.3 is 0 Å². The largest absolute Gasteiger partial charge is 0.225 e. The predicted octanol–water partition coefficient (Wildman–Crippen LogP) is 1.32. The molecule has 0 amide bonds. The third-order valence-corrected chi connectivity index (χ3v) is 1.14. The highest BCUT2D eigenvalue weighted by Gasteiger charge is 1.88. The van der Waals surface area contributed by atoms with Crippen molar-refractivity contribution in [1.82, 2.24) is 14.8 Å². The van der Waals surface area contributed by atoms with Gasteiger partial charge in [0.1, 0.15) is 12.7 Å². The first-order valence-electron chi connectivity index (χ1n) is 2.99. The van der Waals surface area contributed by atoms with E-state index in [0.717, 1.165) is 5.70 Å². The van der Waals surface area contributed by atoms with Crippen LogP contribution in [0.3, 0.4) is 0 Å². The summed E-state index contributed by atoms with van der Waals surface area (Å²) in [7, 11) is 0. The molecule has 0 aliphatic heterocycles. The molecule has 0 aliphatic rings. The molecule has 10 heavy (non-hydrogen) atoms. The maximum absolute atomic E-state index is 3.92. The molecule has 0 atom stereocenters. The highest BCUT2D eigenvalue weighted by molar-refractivity contribution is 5.42. The minimum Gasteiger partial charge on any atom is -0.225 e. The van der Waals surface area contributed by atoms with Crippen molar-refractivity contribution >= 4 is 5.70 Å². The highest BCUT2D eigenvalue weighted by Crippen LogP contribution is 1.97. The van der Waals surface area contributed by atoms with Gasteiger partial charge in [0.05, 0.1) is 0 Å². The molecule has 0 aromatic carbocycles. The van der Waals surface area contributed by atoms with Gasteiger partial charge in [-0.3, -0.25) is 0 Å². The van der Waals surface area contributed by atoms with Crippen LogP contribution in [0.15, 0.2) is 31.4 Å². The van der Waals surface area contributed by atoms with Crippen LogP contribution in [0.25, 0.3) is 5.70 Å². The summed E-state index contributed by atoms with van der Waals surface area (Å²) in [6.07, 6.45) is 6.74. The van der Waals surface area contributed by atoms with Crippen molar-refractivity contribution in [2.45, 2.75) is 6.92 Å². The Hall–Kier alpha value is -1.38. The lowest BCUT2D eigenvalue weighted by molar-refractivity contribution is 0.894. The number of nitrogens with zero attached hydrogens (tertiary/aromatic N) is 3. The number of hydrogen-bond acceptors (Lipinski definition) is 2. The molecule has 0 unspecified atom stereocenters. The third-order valence-electron chi connectivity index (χ3n) is 1.14. The summed E-state index contributed by atoms with van der Waals surface area (Å²) < 4.78 is 1.68. The SMILES string of the molecule is C=C/C=C(\C)n1cncn1. The third kappa shape index (κ3) is 1.31. The molecule has 1 aromatic heterocycles. The van der Waals surface area contributed by atoms with Gasteiger partial charge in [0, 0.05) is 5.70 Å². The van der Waals surface area contributed by atoms with Crippen molar-refractivity contribution in [3.05, 3.63) is 31.4 Å². The number of rotatable bonds is 2. The van der Waals surface area contributed by atoms with Gasteiger partial charge in [-0.25, -0.2) is 9.67 Å². The van der Waals surface area contributed by atoms with Gasteiger partial charge in [0.2, 0.25) is 0 Å². The van der Waals surface area contributed by atoms with E-state index in [1.165, 1.54) is 6.33 Å². The molecular formula is C7H9N3. The Bertz CT molecular complexity index is 233. The number of allylic oxidation sites excluding steroid dienone is 3. The zero-order valence-electron chi connectivity index (χ0n) is 5.86. The van der Waals surface area contributed by atoms with E-state index in [4.69, 9.17) is 0 Å². The van der Waals surface area contributed by atoms with E-state index in [1.807, 2.05) is 13.0 Å². The quantitative estimate of drug-likeness (QED) is 0.572. The first kappa shape index (κ1) is 6.74. The van der Waals surface area contributed by atoms with Gasteiger partial charge < -0.3 is 0 Å². The minimum absolute atomic E-state index is 1.01. The Balaban J connectivity index is 2.86.